The molecule has 176 valence electrons. The average Bonchev–Trinajstić information content (AvgIpc) is 3.32. The molecule has 0 saturated heterocycles. The van der Waals surface area contributed by atoms with Crippen LogP contribution in [0.5, 0.6) is 0 Å². The molecule has 0 saturated carbocycles. The molecule has 1 heterocycles. The van der Waals surface area contributed by atoms with E-state index in [1.165, 1.54) is 4.90 Å². The van der Waals surface area contributed by atoms with Crippen LogP contribution in [0.4, 0.5) is 9.93 Å². The van der Waals surface area contributed by atoms with E-state index in [0.29, 0.717) is 5.69 Å². The lowest BCUT2D eigenvalue weighted by molar-refractivity contribution is -0.138. The predicted molar refractivity (Wildman–Crippen MR) is 129 cm³/mol. The molecular formula is C25H25N3O5S. The highest BCUT2D eigenvalue weighted by atomic mass is 32.1. The van der Waals surface area contributed by atoms with Gasteiger partial charge in [-0.05, 0) is 43.0 Å². The minimum atomic E-state index is -1.10. The maximum atomic E-state index is 12.9. The molecule has 4 rings (SSSR count). The molecule has 0 bridgehead atoms. The topological polar surface area (TPSA) is 109 Å². The smallest absolute Gasteiger partial charge is 0.413 e. The second-order valence-corrected chi connectivity index (χ2v) is 9.30. The Bertz CT molecular complexity index is 1210. The van der Waals surface area contributed by atoms with Gasteiger partial charge in [0.15, 0.2) is 5.13 Å². The first kappa shape index (κ1) is 23.4. The third kappa shape index (κ3) is 4.65. The Morgan fingerprint density at radius 3 is 2.24 bits per heavy atom. The van der Waals surface area contributed by atoms with Crippen LogP contribution in [0, 0.1) is 6.92 Å². The standard InChI is InChI=1S/C25H25N3O5S/c1-14(2)28(12-21(29)30)23(31)22-15(3)26-24(34-22)27-25(32)33-13-20-18-10-6-4-8-16(18)17-9-5-7-11-19(17)20/h4-11,14,20H,12-13H2,1-3H3,(H,29,30)(H,26,27,32). The largest absolute Gasteiger partial charge is 0.480 e. The van der Waals surface area contributed by atoms with Gasteiger partial charge in [-0.3, -0.25) is 14.9 Å². The molecule has 8 nitrogen and oxygen atoms in total. The maximum Gasteiger partial charge on any atom is 0.413 e. The minimum absolute atomic E-state index is 0.0658. The van der Waals surface area contributed by atoms with Crippen molar-refractivity contribution in [1.82, 2.24) is 9.88 Å². The van der Waals surface area contributed by atoms with E-state index >= 15 is 0 Å². The Morgan fingerprint density at radius 1 is 1.09 bits per heavy atom. The summed E-state index contributed by atoms with van der Waals surface area (Å²) in [5, 5.41) is 11.9. The molecule has 0 unspecified atom stereocenters. The summed E-state index contributed by atoms with van der Waals surface area (Å²) in [7, 11) is 0. The van der Waals surface area contributed by atoms with Gasteiger partial charge in [0.1, 0.15) is 18.0 Å². The number of aromatic nitrogens is 1. The number of aliphatic carboxylic acids is 1. The summed E-state index contributed by atoms with van der Waals surface area (Å²) in [4.78, 5) is 42.3. The van der Waals surface area contributed by atoms with E-state index in [2.05, 4.69) is 22.4 Å². The molecule has 0 atom stereocenters. The summed E-state index contributed by atoms with van der Waals surface area (Å²) >= 11 is 0.997. The summed E-state index contributed by atoms with van der Waals surface area (Å²) in [5.41, 5.74) is 4.92. The van der Waals surface area contributed by atoms with Gasteiger partial charge in [0.2, 0.25) is 0 Å². The Kier molecular flexibility index (Phi) is 6.65. The third-order valence-electron chi connectivity index (χ3n) is 5.73. The molecule has 1 aliphatic carbocycles. The Hall–Kier alpha value is -3.72. The summed E-state index contributed by atoms with van der Waals surface area (Å²) in [6.45, 7) is 4.88. The highest BCUT2D eigenvalue weighted by molar-refractivity contribution is 7.17. The van der Waals surface area contributed by atoms with Gasteiger partial charge < -0.3 is 14.7 Å². The normalized spacial score (nSPS) is 12.2. The highest BCUT2D eigenvalue weighted by Crippen LogP contribution is 2.44. The number of anilines is 1. The van der Waals surface area contributed by atoms with Gasteiger partial charge in [-0.2, -0.15) is 0 Å². The van der Waals surface area contributed by atoms with Crippen molar-refractivity contribution in [3.05, 3.63) is 70.2 Å². The molecule has 34 heavy (non-hydrogen) atoms. The van der Waals surface area contributed by atoms with Crippen molar-refractivity contribution in [2.24, 2.45) is 0 Å². The average molecular weight is 480 g/mol. The zero-order valence-corrected chi connectivity index (χ0v) is 19.9. The highest BCUT2D eigenvalue weighted by Gasteiger charge is 2.29. The molecular weight excluding hydrogens is 454 g/mol. The van der Waals surface area contributed by atoms with Gasteiger partial charge in [0.25, 0.3) is 5.91 Å². The number of benzene rings is 2. The zero-order valence-electron chi connectivity index (χ0n) is 19.1. The van der Waals surface area contributed by atoms with Gasteiger partial charge in [0, 0.05) is 12.0 Å². The molecule has 0 fully saturated rings. The molecule has 2 aromatic carbocycles. The van der Waals surface area contributed by atoms with Crippen LogP contribution in [-0.2, 0) is 9.53 Å². The fourth-order valence-electron chi connectivity index (χ4n) is 4.14. The van der Waals surface area contributed by atoms with Gasteiger partial charge in [-0.15, -0.1) is 0 Å². The third-order valence-corrected chi connectivity index (χ3v) is 6.79. The van der Waals surface area contributed by atoms with Gasteiger partial charge >= 0.3 is 12.1 Å². The molecule has 3 aromatic rings. The minimum Gasteiger partial charge on any atom is -0.480 e. The van der Waals surface area contributed by atoms with Crippen LogP contribution < -0.4 is 5.32 Å². The van der Waals surface area contributed by atoms with Crippen molar-refractivity contribution in [3.63, 3.8) is 0 Å². The SMILES string of the molecule is Cc1nc(NC(=O)OCC2c3ccccc3-c3ccccc32)sc1C(=O)N(CC(=O)O)C(C)C. The number of aryl methyl sites for hydroxylation is 1. The van der Waals surface area contributed by atoms with Gasteiger partial charge in [0.05, 0.1) is 5.69 Å². The fourth-order valence-corrected chi connectivity index (χ4v) is 5.04. The lowest BCUT2D eigenvalue weighted by Gasteiger charge is -2.24. The second-order valence-electron chi connectivity index (χ2n) is 8.30. The summed E-state index contributed by atoms with van der Waals surface area (Å²) in [5.74, 6) is -1.60. The number of nitrogens with one attached hydrogen (secondary N) is 1. The van der Waals surface area contributed by atoms with Crippen molar-refractivity contribution < 1.29 is 24.2 Å². The summed E-state index contributed by atoms with van der Waals surface area (Å²) < 4.78 is 5.54. The van der Waals surface area contributed by atoms with Crippen molar-refractivity contribution >= 4 is 34.4 Å². The Balaban J connectivity index is 1.44. The van der Waals surface area contributed by atoms with Crippen molar-refractivity contribution in [3.8, 4) is 11.1 Å². The molecule has 2 amide bonds. The van der Waals surface area contributed by atoms with Crippen molar-refractivity contribution in [1.29, 1.82) is 0 Å². The number of carbonyl (C=O) groups is 3. The van der Waals surface area contributed by atoms with E-state index in [9.17, 15) is 14.4 Å². The van der Waals surface area contributed by atoms with Gasteiger partial charge in [-0.25, -0.2) is 9.78 Å². The number of rotatable bonds is 7. The van der Waals surface area contributed by atoms with Crippen molar-refractivity contribution in [2.45, 2.75) is 32.7 Å². The molecule has 0 spiro atoms. The zero-order chi connectivity index (χ0) is 24.4. The molecule has 0 radical (unpaired) electrons. The van der Waals surface area contributed by atoms with E-state index in [4.69, 9.17) is 9.84 Å². The Labute approximate surface area is 201 Å². The number of thiazole rings is 1. The van der Waals surface area contributed by atoms with Crippen LogP contribution in [0.3, 0.4) is 0 Å². The van der Waals surface area contributed by atoms with E-state index in [1.807, 2.05) is 36.4 Å². The second kappa shape index (κ2) is 9.64. The number of carboxylic acids is 1. The van der Waals surface area contributed by atoms with Crippen molar-refractivity contribution in [2.75, 3.05) is 18.5 Å². The summed E-state index contributed by atoms with van der Waals surface area (Å²) in [6, 6.07) is 15.8. The summed E-state index contributed by atoms with van der Waals surface area (Å²) in [6.07, 6.45) is -0.666. The van der Waals surface area contributed by atoms with E-state index < -0.39 is 24.5 Å². The van der Waals surface area contributed by atoms with Crippen LogP contribution in [0.25, 0.3) is 11.1 Å². The lowest BCUT2D eigenvalue weighted by atomic mass is 9.98. The van der Waals surface area contributed by atoms with Crippen LogP contribution in [-0.4, -0.2) is 52.2 Å². The first-order chi connectivity index (χ1) is 16.3. The van der Waals surface area contributed by atoms with Crippen LogP contribution in [0.2, 0.25) is 0 Å². The van der Waals surface area contributed by atoms with Crippen LogP contribution in [0.15, 0.2) is 48.5 Å². The van der Waals surface area contributed by atoms with E-state index in [-0.39, 0.29) is 28.6 Å². The Morgan fingerprint density at radius 2 is 1.68 bits per heavy atom. The van der Waals surface area contributed by atoms with E-state index in [1.54, 1.807) is 20.8 Å². The van der Waals surface area contributed by atoms with Crippen LogP contribution in [0.1, 0.15) is 46.3 Å². The number of hydrogen-bond donors (Lipinski definition) is 2. The number of hydrogen-bond acceptors (Lipinski definition) is 6. The maximum absolute atomic E-state index is 12.9. The van der Waals surface area contributed by atoms with Gasteiger partial charge in [-0.1, -0.05) is 59.9 Å². The monoisotopic (exact) mass is 479 g/mol. The number of nitrogens with zero attached hydrogens (tertiary/aromatic N) is 2. The van der Waals surface area contributed by atoms with Crippen LogP contribution >= 0.6 is 11.3 Å². The number of ether oxygens (including phenoxy) is 1. The number of carboxylic acid groups (broad SMARTS) is 1. The molecule has 1 aliphatic rings. The molecule has 9 heteroatoms. The number of carbonyl (C=O) groups excluding carboxylic acids is 2. The fraction of sp³-hybridized carbons (Fsp3) is 0.280. The molecule has 1 aromatic heterocycles. The quantitative estimate of drug-likeness (QED) is 0.506. The van der Waals surface area contributed by atoms with E-state index in [0.717, 1.165) is 33.6 Å². The predicted octanol–water partition coefficient (Wildman–Crippen LogP) is 4.75. The first-order valence-electron chi connectivity index (χ1n) is 10.9. The molecule has 0 aliphatic heterocycles. The number of fused-ring (bicyclic) bond motifs is 3. The number of amides is 2. The first-order valence-corrected chi connectivity index (χ1v) is 11.7. The lowest BCUT2D eigenvalue weighted by Crippen LogP contribution is -2.40. The molecule has 2 N–H and O–H groups in total.